The van der Waals surface area contributed by atoms with Gasteiger partial charge in [-0.25, -0.2) is 0 Å². The Balaban J connectivity index is 2.06. The Hall–Kier alpha value is -1.30. The molecule has 0 aliphatic carbocycles. The molecule has 2 heterocycles. The van der Waals surface area contributed by atoms with Crippen molar-refractivity contribution in [3.8, 4) is 0 Å². The van der Waals surface area contributed by atoms with E-state index in [1.54, 1.807) is 11.8 Å². The Labute approximate surface area is 117 Å². The second-order valence-electron chi connectivity index (χ2n) is 4.89. The van der Waals surface area contributed by atoms with E-state index in [0.717, 1.165) is 23.8 Å². The van der Waals surface area contributed by atoms with E-state index in [4.69, 9.17) is 4.74 Å². The van der Waals surface area contributed by atoms with Crippen molar-refractivity contribution in [1.82, 2.24) is 10.2 Å². The lowest BCUT2D eigenvalue weighted by atomic mass is 9.90. The smallest absolute Gasteiger partial charge is 0.313 e. The van der Waals surface area contributed by atoms with Gasteiger partial charge in [0.25, 0.3) is 0 Å². The second-order valence-corrected chi connectivity index (χ2v) is 5.71. The van der Waals surface area contributed by atoms with Crippen LogP contribution in [0.5, 0.6) is 0 Å². The van der Waals surface area contributed by atoms with E-state index in [1.807, 2.05) is 32.2 Å². The van der Waals surface area contributed by atoms with Crippen molar-refractivity contribution in [3.05, 3.63) is 12.1 Å². The molecule has 104 valence electrons. The van der Waals surface area contributed by atoms with E-state index in [9.17, 15) is 4.79 Å². The Morgan fingerprint density at radius 1 is 1.53 bits per heavy atom. The molecular weight excluding hydrogens is 262 g/mol. The summed E-state index contributed by atoms with van der Waals surface area (Å²) in [4.78, 5) is 14.0. The number of esters is 1. The predicted molar refractivity (Wildman–Crippen MR) is 75.4 cm³/mol. The van der Waals surface area contributed by atoms with Gasteiger partial charge < -0.3 is 9.64 Å². The molecule has 5 nitrogen and oxygen atoms in total. The topological polar surface area (TPSA) is 55.3 Å². The molecule has 1 unspecified atom stereocenters. The number of hydrogen-bond acceptors (Lipinski definition) is 6. The van der Waals surface area contributed by atoms with E-state index >= 15 is 0 Å². The third kappa shape index (κ3) is 3.00. The lowest BCUT2D eigenvalue weighted by Crippen LogP contribution is -2.33. The third-order valence-corrected chi connectivity index (χ3v) is 4.04. The maximum atomic E-state index is 12.0. The number of carbonyl (C=O) groups excluding carboxylic acids is 1. The summed E-state index contributed by atoms with van der Waals surface area (Å²) in [5.74, 6) is 0.706. The average molecular weight is 281 g/mol. The van der Waals surface area contributed by atoms with Crippen LogP contribution < -0.4 is 4.90 Å². The highest BCUT2D eigenvalue weighted by Crippen LogP contribution is 2.33. The zero-order chi connectivity index (χ0) is 13.9. The Bertz CT molecular complexity index is 452. The van der Waals surface area contributed by atoms with Crippen LogP contribution in [0.25, 0.3) is 0 Å². The minimum atomic E-state index is -0.435. The molecule has 0 amide bonds. The molecule has 1 aromatic heterocycles. The first-order valence-corrected chi connectivity index (χ1v) is 7.61. The van der Waals surface area contributed by atoms with Crippen LogP contribution in [0.15, 0.2) is 17.2 Å². The first kappa shape index (κ1) is 14.1. The molecule has 6 heteroatoms. The Kier molecular flexibility index (Phi) is 4.29. The van der Waals surface area contributed by atoms with E-state index in [-0.39, 0.29) is 5.97 Å². The highest BCUT2D eigenvalue weighted by molar-refractivity contribution is 7.98. The van der Waals surface area contributed by atoms with Crippen molar-refractivity contribution in [3.63, 3.8) is 0 Å². The van der Waals surface area contributed by atoms with Gasteiger partial charge in [-0.05, 0) is 38.7 Å². The molecule has 1 aliphatic heterocycles. The van der Waals surface area contributed by atoms with E-state index in [2.05, 4.69) is 15.1 Å². The van der Waals surface area contributed by atoms with E-state index < -0.39 is 5.41 Å². The van der Waals surface area contributed by atoms with Gasteiger partial charge in [0.05, 0.1) is 12.0 Å². The number of rotatable bonds is 4. The molecule has 0 saturated carbocycles. The van der Waals surface area contributed by atoms with Gasteiger partial charge in [0, 0.05) is 13.1 Å². The maximum Gasteiger partial charge on any atom is 0.313 e. The SMILES string of the molecule is CCOC(=O)C1(C)CCN(c2ccc(SC)nn2)C1. The highest BCUT2D eigenvalue weighted by Gasteiger charge is 2.42. The molecule has 0 radical (unpaired) electrons. The third-order valence-electron chi connectivity index (χ3n) is 3.40. The van der Waals surface area contributed by atoms with Gasteiger partial charge in [0.15, 0.2) is 5.82 Å². The first-order valence-electron chi connectivity index (χ1n) is 6.39. The van der Waals surface area contributed by atoms with Crippen LogP contribution in [0, 0.1) is 5.41 Å². The summed E-state index contributed by atoms with van der Waals surface area (Å²) in [5, 5.41) is 9.23. The number of anilines is 1. The molecule has 0 aromatic carbocycles. The van der Waals surface area contributed by atoms with Crippen LogP contribution in [0.2, 0.25) is 0 Å². The maximum absolute atomic E-state index is 12.0. The minimum Gasteiger partial charge on any atom is -0.466 e. The zero-order valence-corrected chi connectivity index (χ0v) is 12.4. The standard InChI is InChI=1S/C13H19N3O2S/c1-4-18-12(17)13(2)7-8-16(9-13)10-5-6-11(19-3)15-14-10/h5-6H,4,7-9H2,1-3H3. The molecule has 0 N–H and O–H groups in total. The number of nitrogens with zero attached hydrogens (tertiary/aromatic N) is 3. The van der Waals surface area contributed by atoms with Crippen molar-refractivity contribution >= 4 is 23.5 Å². The Morgan fingerprint density at radius 2 is 2.32 bits per heavy atom. The summed E-state index contributed by atoms with van der Waals surface area (Å²) in [6.07, 6.45) is 2.76. The normalized spacial score (nSPS) is 22.6. The fraction of sp³-hybridized carbons (Fsp3) is 0.615. The zero-order valence-electron chi connectivity index (χ0n) is 11.5. The Morgan fingerprint density at radius 3 is 2.89 bits per heavy atom. The predicted octanol–water partition coefficient (Wildman–Crippen LogP) is 1.98. The summed E-state index contributed by atoms with van der Waals surface area (Å²) in [5.41, 5.74) is -0.435. The summed E-state index contributed by atoms with van der Waals surface area (Å²) in [6, 6.07) is 3.91. The monoisotopic (exact) mass is 281 g/mol. The molecule has 1 saturated heterocycles. The van der Waals surface area contributed by atoms with E-state index in [0.29, 0.717) is 13.2 Å². The summed E-state index contributed by atoms with van der Waals surface area (Å²) >= 11 is 1.57. The van der Waals surface area contributed by atoms with Crippen molar-refractivity contribution in [1.29, 1.82) is 0 Å². The van der Waals surface area contributed by atoms with Crippen LogP contribution >= 0.6 is 11.8 Å². The molecule has 19 heavy (non-hydrogen) atoms. The molecule has 0 spiro atoms. The van der Waals surface area contributed by atoms with Crippen LogP contribution in [0.4, 0.5) is 5.82 Å². The number of carbonyl (C=O) groups is 1. The van der Waals surface area contributed by atoms with Crippen molar-refractivity contribution in [2.45, 2.75) is 25.3 Å². The van der Waals surface area contributed by atoms with Crippen molar-refractivity contribution in [2.75, 3.05) is 30.9 Å². The lowest BCUT2D eigenvalue weighted by molar-refractivity contribution is -0.153. The lowest BCUT2D eigenvalue weighted by Gasteiger charge is -2.22. The summed E-state index contributed by atoms with van der Waals surface area (Å²) in [7, 11) is 0. The molecule has 1 aliphatic rings. The van der Waals surface area contributed by atoms with Gasteiger partial charge in [0.2, 0.25) is 0 Å². The average Bonchev–Trinajstić information content (AvgIpc) is 2.83. The second kappa shape index (κ2) is 5.77. The largest absolute Gasteiger partial charge is 0.466 e. The number of ether oxygens (including phenoxy) is 1. The summed E-state index contributed by atoms with van der Waals surface area (Å²) in [6.45, 7) is 5.66. The van der Waals surface area contributed by atoms with Crippen LogP contribution in [0.1, 0.15) is 20.3 Å². The number of aromatic nitrogens is 2. The summed E-state index contributed by atoms with van der Waals surface area (Å²) < 4.78 is 5.14. The quantitative estimate of drug-likeness (QED) is 0.621. The minimum absolute atomic E-state index is 0.119. The van der Waals surface area contributed by atoms with Crippen molar-refractivity contribution in [2.24, 2.45) is 5.41 Å². The molecule has 0 bridgehead atoms. The first-order chi connectivity index (χ1) is 9.09. The molecule has 2 rings (SSSR count). The van der Waals surface area contributed by atoms with Gasteiger partial charge in [-0.15, -0.1) is 22.0 Å². The van der Waals surface area contributed by atoms with Gasteiger partial charge in [0.1, 0.15) is 5.03 Å². The fourth-order valence-corrected chi connectivity index (χ4v) is 2.55. The fourth-order valence-electron chi connectivity index (χ4n) is 2.22. The van der Waals surface area contributed by atoms with Crippen LogP contribution in [-0.2, 0) is 9.53 Å². The van der Waals surface area contributed by atoms with Crippen molar-refractivity contribution < 1.29 is 9.53 Å². The number of hydrogen-bond donors (Lipinski definition) is 0. The number of thioether (sulfide) groups is 1. The molecule has 1 fully saturated rings. The molecule has 1 aromatic rings. The highest BCUT2D eigenvalue weighted by atomic mass is 32.2. The van der Waals surface area contributed by atoms with Crippen LogP contribution in [-0.4, -0.2) is 42.1 Å². The molecule has 1 atom stereocenters. The van der Waals surface area contributed by atoms with Gasteiger partial charge in [-0.3, -0.25) is 4.79 Å². The van der Waals surface area contributed by atoms with Gasteiger partial charge in [-0.1, -0.05) is 0 Å². The van der Waals surface area contributed by atoms with Gasteiger partial charge in [-0.2, -0.15) is 0 Å². The van der Waals surface area contributed by atoms with Crippen LogP contribution in [0.3, 0.4) is 0 Å². The van der Waals surface area contributed by atoms with Gasteiger partial charge >= 0.3 is 5.97 Å². The molecular formula is C13H19N3O2S. The van der Waals surface area contributed by atoms with E-state index in [1.165, 1.54) is 0 Å².